The number of carbonyl (C=O) groups excluding carboxylic acids is 1. The highest BCUT2D eigenvalue weighted by Crippen LogP contribution is 2.27. The van der Waals surface area contributed by atoms with Crippen LogP contribution in [-0.4, -0.2) is 18.3 Å². The third kappa shape index (κ3) is 6.01. The van der Waals surface area contributed by atoms with E-state index < -0.39 is 0 Å². The second-order valence-corrected chi connectivity index (χ2v) is 7.33. The maximum Gasteiger partial charge on any atom is 0.247 e. The smallest absolute Gasteiger partial charge is 0.247 e. The molecule has 1 fully saturated rings. The number of nitrogens with two attached hydrogens (primary N) is 1. The lowest BCUT2D eigenvalue weighted by Gasteiger charge is -2.18. The van der Waals surface area contributed by atoms with E-state index in [-0.39, 0.29) is 5.91 Å². The number of benzene rings is 2. The Morgan fingerprint density at radius 1 is 1.10 bits per heavy atom. The molecule has 0 atom stereocenters. The first kappa shape index (κ1) is 21.2. The van der Waals surface area contributed by atoms with Crippen LogP contribution in [0.15, 0.2) is 76.5 Å². The Bertz CT molecular complexity index is 917. The molecule has 4 N–H and O–H groups in total. The van der Waals surface area contributed by atoms with Gasteiger partial charge >= 0.3 is 0 Å². The normalized spacial score (nSPS) is 15.1. The monoisotopic (exact) mass is 404 g/mol. The summed E-state index contributed by atoms with van der Waals surface area (Å²) < 4.78 is 0. The molecule has 1 amide bonds. The van der Waals surface area contributed by atoms with E-state index in [1.807, 2.05) is 36.4 Å². The summed E-state index contributed by atoms with van der Waals surface area (Å²) in [6, 6.07) is 15.2. The van der Waals surface area contributed by atoms with Crippen molar-refractivity contribution >= 4 is 28.8 Å². The summed E-state index contributed by atoms with van der Waals surface area (Å²) in [4.78, 5) is 11.7. The molecule has 0 bridgehead atoms. The first-order valence-electron chi connectivity index (χ1n) is 10.2. The molecule has 0 radical (unpaired) electrons. The Hall–Kier alpha value is -3.48. The summed E-state index contributed by atoms with van der Waals surface area (Å²) in [5.74, 6) is 6.25. The summed E-state index contributed by atoms with van der Waals surface area (Å²) in [6.45, 7) is 4.16. The standard InChI is InChI=1S/C23H28N6O/c1-2-22(30)27-19-13-14-21(26-18-11-7-4-8-12-18)20(15-19)23(28-24)29-25-16-17-9-5-3-6-10-17/h2,4,7-8,11-15,17,26H,1,3,5-6,9-10,16,24H2,(H,27,30)/b28-23-,29-25?. The second kappa shape index (κ2) is 10.9. The van der Waals surface area contributed by atoms with E-state index in [0.29, 0.717) is 29.5 Å². The van der Waals surface area contributed by atoms with Gasteiger partial charge in [0.05, 0.1) is 6.54 Å². The van der Waals surface area contributed by atoms with Gasteiger partial charge in [0.2, 0.25) is 11.7 Å². The van der Waals surface area contributed by atoms with Crippen LogP contribution in [0.2, 0.25) is 0 Å². The molecule has 0 unspecified atom stereocenters. The van der Waals surface area contributed by atoms with Crippen molar-refractivity contribution in [3.05, 3.63) is 66.7 Å². The minimum absolute atomic E-state index is 0.296. The number of nitrogens with zero attached hydrogens (tertiary/aromatic N) is 3. The van der Waals surface area contributed by atoms with Gasteiger partial charge in [-0.25, -0.2) is 0 Å². The predicted molar refractivity (Wildman–Crippen MR) is 122 cm³/mol. The van der Waals surface area contributed by atoms with E-state index in [1.54, 1.807) is 12.1 Å². The fraction of sp³-hybridized carbons (Fsp3) is 0.304. The number of hydrogen-bond donors (Lipinski definition) is 3. The number of amides is 1. The molecular formula is C23H28N6O. The maximum absolute atomic E-state index is 11.7. The van der Waals surface area contributed by atoms with Crippen molar-refractivity contribution in [2.45, 2.75) is 32.1 Å². The molecule has 1 saturated carbocycles. The van der Waals surface area contributed by atoms with E-state index >= 15 is 0 Å². The van der Waals surface area contributed by atoms with Crippen LogP contribution in [0.5, 0.6) is 0 Å². The van der Waals surface area contributed by atoms with Gasteiger partial charge in [-0.3, -0.25) is 4.79 Å². The predicted octanol–water partition coefficient (Wildman–Crippen LogP) is 5.21. The van der Waals surface area contributed by atoms with E-state index in [9.17, 15) is 4.79 Å². The van der Waals surface area contributed by atoms with Crippen LogP contribution in [0.1, 0.15) is 37.7 Å². The first-order valence-corrected chi connectivity index (χ1v) is 10.2. The number of azo groups is 1. The van der Waals surface area contributed by atoms with E-state index in [1.165, 1.54) is 38.2 Å². The molecule has 0 spiro atoms. The zero-order chi connectivity index (χ0) is 21.2. The van der Waals surface area contributed by atoms with Crippen molar-refractivity contribution in [2.24, 2.45) is 27.1 Å². The summed E-state index contributed by atoms with van der Waals surface area (Å²) >= 11 is 0. The molecule has 7 heteroatoms. The highest BCUT2D eigenvalue weighted by atomic mass is 16.1. The van der Waals surface area contributed by atoms with Gasteiger partial charge in [-0.2, -0.15) is 10.2 Å². The quantitative estimate of drug-likeness (QED) is 0.147. The number of rotatable bonds is 7. The minimum atomic E-state index is -0.296. The van der Waals surface area contributed by atoms with Crippen LogP contribution < -0.4 is 16.5 Å². The fourth-order valence-electron chi connectivity index (χ4n) is 3.53. The van der Waals surface area contributed by atoms with Gasteiger partial charge in [0, 0.05) is 22.6 Å². The van der Waals surface area contributed by atoms with Crippen LogP contribution in [0, 0.1) is 5.92 Å². The van der Waals surface area contributed by atoms with Crippen LogP contribution in [0.3, 0.4) is 0 Å². The molecule has 7 nitrogen and oxygen atoms in total. The van der Waals surface area contributed by atoms with Crippen molar-refractivity contribution in [1.29, 1.82) is 0 Å². The number of anilines is 3. The van der Waals surface area contributed by atoms with E-state index in [2.05, 4.69) is 32.5 Å². The van der Waals surface area contributed by atoms with Gasteiger partial charge in [-0.1, -0.05) is 44.0 Å². The lowest BCUT2D eigenvalue weighted by atomic mass is 9.89. The van der Waals surface area contributed by atoms with Crippen LogP contribution in [0.4, 0.5) is 17.1 Å². The molecular weight excluding hydrogens is 376 g/mol. The topological polar surface area (TPSA) is 104 Å². The molecule has 1 aliphatic carbocycles. The van der Waals surface area contributed by atoms with Crippen LogP contribution in [0.25, 0.3) is 0 Å². The Labute approximate surface area is 177 Å². The maximum atomic E-state index is 11.7. The van der Waals surface area contributed by atoms with Crippen LogP contribution in [-0.2, 0) is 4.79 Å². The zero-order valence-corrected chi connectivity index (χ0v) is 17.1. The largest absolute Gasteiger partial charge is 0.355 e. The van der Waals surface area contributed by atoms with E-state index in [0.717, 1.165) is 11.4 Å². The van der Waals surface area contributed by atoms with Crippen molar-refractivity contribution in [3.63, 3.8) is 0 Å². The van der Waals surface area contributed by atoms with Crippen molar-refractivity contribution in [2.75, 3.05) is 17.2 Å². The van der Waals surface area contributed by atoms with Crippen molar-refractivity contribution < 1.29 is 4.79 Å². The number of para-hydroxylation sites is 1. The highest BCUT2D eigenvalue weighted by Gasteiger charge is 2.15. The molecule has 2 aromatic carbocycles. The Balaban J connectivity index is 1.85. The Morgan fingerprint density at radius 3 is 2.57 bits per heavy atom. The van der Waals surface area contributed by atoms with Gasteiger partial charge in [0.1, 0.15) is 0 Å². The van der Waals surface area contributed by atoms with Gasteiger partial charge in [-0.05, 0) is 55.2 Å². The summed E-state index contributed by atoms with van der Waals surface area (Å²) in [6.07, 6.45) is 7.43. The molecule has 156 valence electrons. The number of amidine groups is 1. The van der Waals surface area contributed by atoms with Gasteiger partial charge < -0.3 is 16.5 Å². The third-order valence-corrected chi connectivity index (χ3v) is 5.12. The SMILES string of the molecule is C=CC(=O)Nc1ccc(Nc2ccccc2)c(/C(N=NCC2CCCCC2)=N/N)c1. The summed E-state index contributed by atoms with van der Waals surface area (Å²) in [5, 5.41) is 18.7. The first-order chi connectivity index (χ1) is 14.7. The molecule has 0 saturated heterocycles. The third-order valence-electron chi connectivity index (χ3n) is 5.12. The average Bonchev–Trinajstić information content (AvgIpc) is 2.79. The fourth-order valence-corrected chi connectivity index (χ4v) is 3.53. The molecule has 0 aliphatic heterocycles. The Morgan fingerprint density at radius 2 is 1.87 bits per heavy atom. The van der Waals surface area contributed by atoms with Gasteiger partial charge in [0.25, 0.3) is 0 Å². The summed E-state index contributed by atoms with van der Waals surface area (Å²) in [7, 11) is 0. The number of hydrogen-bond acceptors (Lipinski definition) is 5. The molecule has 30 heavy (non-hydrogen) atoms. The minimum Gasteiger partial charge on any atom is -0.355 e. The molecule has 1 aliphatic rings. The van der Waals surface area contributed by atoms with Crippen molar-refractivity contribution in [3.8, 4) is 0 Å². The summed E-state index contributed by atoms with van der Waals surface area (Å²) in [5.41, 5.74) is 2.92. The average molecular weight is 405 g/mol. The number of carbonyl (C=O) groups is 1. The molecule has 0 aromatic heterocycles. The van der Waals surface area contributed by atoms with Gasteiger partial charge in [0.15, 0.2) is 0 Å². The van der Waals surface area contributed by atoms with Crippen LogP contribution >= 0.6 is 0 Å². The Kier molecular flexibility index (Phi) is 7.71. The molecule has 2 aromatic rings. The zero-order valence-electron chi connectivity index (χ0n) is 17.1. The lowest BCUT2D eigenvalue weighted by molar-refractivity contribution is -0.111. The van der Waals surface area contributed by atoms with Crippen molar-refractivity contribution in [1.82, 2.24) is 0 Å². The molecule has 0 heterocycles. The van der Waals surface area contributed by atoms with Gasteiger partial charge in [-0.15, -0.1) is 5.11 Å². The number of hydrazone groups is 1. The number of nitrogens with one attached hydrogen (secondary N) is 2. The second-order valence-electron chi connectivity index (χ2n) is 7.33. The highest BCUT2D eigenvalue weighted by molar-refractivity contribution is 6.06. The van der Waals surface area contributed by atoms with E-state index in [4.69, 9.17) is 5.84 Å². The lowest BCUT2D eigenvalue weighted by Crippen LogP contribution is -2.11. The molecule has 3 rings (SSSR count).